The number of rotatable bonds is 6. The van der Waals surface area contributed by atoms with Gasteiger partial charge in [-0.3, -0.25) is 9.59 Å². The minimum atomic E-state index is -0.844. The highest BCUT2D eigenvalue weighted by molar-refractivity contribution is 5.89. The maximum absolute atomic E-state index is 12.3. The van der Waals surface area contributed by atoms with E-state index in [4.69, 9.17) is 5.73 Å². The minimum absolute atomic E-state index is 0.0112. The summed E-state index contributed by atoms with van der Waals surface area (Å²) < 4.78 is 4.59. The van der Waals surface area contributed by atoms with Crippen molar-refractivity contribution in [2.75, 3.05) is 20.2 Å². The molecule has 1 fully saturated rings. The predicted octanol–water partition coefficient (Wildman–Crippen LogP) is 0.525. The second kappa shape index (κ2) is 5.49. The minimum Gasteiger partial charge on any atom is -0.468 e. The lowest BCUT2D eigenvalue weighted by molar-refractivity contribution is -0.149. The molecule has 5 heteroatoms. The largest absolute Gasteiger partial charge is 0.468 e. The first kappa shape index (κ1) is 14.0. The average molecular weight is 242 g/mol. The van der Waals surface area contributed by atoms with Crippen molar-refractivity contribution in [2.24, 2.45) is 11.7 Å². The zero-order valence-electron chi connectivity index (χ0n) is 10.9. The molecule has 0 heterocycles. The molecule has 0 aromatic carbocycles. The quantitative estimate of drug-likeness (QED) is 0.689. The van der Waals surface area contributed by atoms with Crippen molar-refractivity contribution in [3.63, 3.8) is 0 Å². The Morgan fingerprint density at radius 2 is 2.06 bits per heavy atom. The standard InChI is InChI=1S/C12H22N2O3/c1-4-7-14(8-10(15)17-3)11(16)12(2,13)9-5-6-9/h9H,4-8,13H2,1-3H3. The molecule has 0 aromatic rings. The first-order valence-corrected chi connectivity index (χ1v) is 6.08. The van der Waals surface area contributed by atoms with E-state index in [9.17, 15) is 9.59 Å². The van der Waals surface area contributed by atoms with Crippen molar-refractivity contribution in [1.82, 2.24) is 4.90 Å². The summed E-state index contributed by atoms with van der Waals surface area (Å²) >= 11 is 0. The summed E-state index contributed by atoms with van der Waals surface area (Å²) in [6, 6.07) is 0. The molecule has 1 amide bonds. The van der Waals surface area contributed by atoms with E-state index in [-0.39, 0.29) is 18.4 Å². The molecule has 0 bridgehead atoms. The van der Waals surface area contributed by atoms with Crippen molar-refractivity contribution in [1.29, 1.82) is 0 Å². The summed E-state index contributed by atoms with van der Waals surface area (Å²) in [5.41, 5.74) is 5.23. The number of carbonyl (C=O) groups excluding carboxylic acids is 2. The molecular formula is C12H22N2O3. The van der Waals surface area contributed by atoms with E-state index in [1.807, 2.05) is 6.92 Å². The van der Waals surface area contributed by atoms with E-state index in [2.05, 4.69) is 4.74 Å². The number of hydrogen-bond donors (Lipinski definition) is 1. The van der Waals surface area contributed by atoms with E-state index >= 15 is 0 Å². The molecule has 0 aliphatic heterocycles. The van der Waals surface area contributed by atoms with Gasteiger partial charge in [0, 0.05) is 6.54 Å². The van der Waals surface area contributed by atoms with E-state index < -0.39 is 11.5 Å². The van der Waals surface area contributed by atoms with Crippen LogP contribution in [0.25, 0.3) is 0 Å². The molecule has 1 aliphatic rings. The van der Waals surface area contributed by atoms with Gasteiger partial charge in [0.15, 0.2) is 0 Å². The molecule has 0 saturated heterocycles. The van der Waals surface area contributed by atoms with E-state index in [1.165, 1.54) is 12.0 Å². The maximum Gasteiger partial charge on any atom is 0.325 e. The summed E-state index contributed by atoms with van der Waals surface area (Å²) in [5.74, 6) is -0.294. The topological polar surface area (TPSA) is 72.6 Å². The Labute approximate surface area is 102 Å². The smallest absolute Gasteiger partial charge is 0.325 e. The van der Waals surface area contributed by atoms with Gasteiger partial charge in [0.1, 0.15) is 6.54 Å². The number of esters is 1. The van der Waals surface area contributed by atoms with Crippen molar-refractivity contribution < 1.29 is 14.3 Å². The van der Waals surface area contributed by atoms with Crippen LogP contribution in [0.1, 0.15) is 33.1 Å². The van der Waals surface area contributed by atoms with Crippen molar-refractivity contribution in [3.8, 4) is 0 Å². The molecule has 1 atom stereocenters. The zero-order valence-corrected chi connectivity index (χ0v) is 10.9. The fraction of sp³-hybridized carbons (Fsp3) is 0.833. The number of ether oxygens (including phenoxy) is 1. The van der Waals surface area contributed by atoms with Gasteiger partial charge in [-0.15, -0.1) is 0 Å². The highest BCUT2D eigenvalue weighted by atomic mass is 16.5. The van der Waals surface area contributed by atoms with Crippen LogP contribution in [0.3, 0.4) is 0 Å². The van der Waals surface area contributed by atoms with Gasteiger partial charge in [-0.1, -0.05) is 6.92 Å². The second-order valence-electron chi connectivity index (χ2n) is 4.86. The first-order valence-electron chi connectivity index (χ1n) is 6.08. The summed E-state index contributed by atoms with van der Waals surface area (Å²) in [6.07, 6.45) is 2.79. The molecule has 17 heavy (non-hydrogen) atoms. The van der Waals surface area contributed by atoms with Crippen LogP contribution >= 0.6 is 0 Å². The number of nitrogens with two attached hydrogens (primary N) is 1. The van der Waals surface area contributed by atoms with Gasteiger partial charge < -0.3 is 15.4 Å². The van der Waals surface area contributed by atoms with Crippen LogP contribution < -0.4 is 5.73 Å². The molecule has 0 aromatic heterocycles. The van der Waals surface area contributed by atoms with Crippen molar-refractivity contribution >= 4 is 11.9 Å². The molecule has 1 aliphatic carbocycles. The van der Waals surface area contributed by atoms with Gasteiger partial charge in [-0.05, 0) is 32.1 Å². The fourth-order valence-corrected chi connectivity index (χ4v) is 1.94. The van der Waals surface area contributed by atoms with Crippen LogP contribution in [0.4, 0.5) is 0 Å². The normalized spacial score (nSPS) is 18.4. The summed E-state index contributed by atoms with van der Waals surface area (Å²) in [7, 11) is 1.32. The van der Waals surface area contributed by atoms with Crippen LogP contribution in [0.5, 0.6) is 0 Å². The van der Waals surface area contributed by atoms with Crippen LogP contribution in [-0.4, -0.2) is 42.5 Å². The predicted molar refractivity (Wildman–Crippen MR) is 64.2 cm³/mol. The summed E-state index contributed by atoms with van der Waals surface area (Å²) in [6.45, 7) is 4.24. The summed E-state index contributed by atoms with van der Waals surface area (Å²) in [4.78, 5) is 25.0. The zero-order chi connectivity index (χ0) is 13.1. The molecule has 5 nitrogen and oxygen atoms in total. The molecule has 1 unspecified atom stereocenters. The van der Waals surface area contributed by atoms with Crippen molar-refractivity contribution in [2.45, 2.75) is 38.6 Å². The van der Waals surface area contributed by atoms with Gasteiger partial charge in [-0.25, -0.2) is 0 Å². The monoisotopic (exact) mass is 242 g/mol. The Bertz CT molecular complexity index is 298. The summed E-state index contributed by atoms with van der Waals surface area (Å²) in [5, 5.41) is 0. The van der Waals surface area contributed by atoms with Gasteiger partial charge in [-0.2, -0.15) is 0 Å². The molecule has 1 rings (SSSR count). The van der Waals surface area contributed by atoms with Crippen LogP contribution in [0.15, 0.2) is 0 Å². The molecule has 2 N–H and O–H groups in total. The van der Waals surface area contributed by atoms with Gasteiger partial charge in [0.05, 0.1) is 12.6 Å². The number of methoxy groups -OCH3 is 1. The second-order valence-corrected chi connectivity index (χ2v) is 4.86. The molecule has 98 valence electrons. The maximum atomic E-state index is 12.3. The lowest BCUT2D eigenvalue weighted by atomic mass is 9.95. The van der Waals surface area contributed by atoms with E-state index in [0.29, 0.717) is 6.54 Å². The third-order valence-electron chi connectivity index (χ3n) is 3.21. The Kier molecular flexibility index (Phi) is 4.51. The van der Waals surface area contributed by atoms with Crippen LogP contribution in [0, 0.1) is 5.92 Å². The first-order chi connectivity index (χ1) is 7.93. The van der Waals surface area contributed by atoms with E-state index in [0.717, 1.165) is 19.3 Å². The number of amides is 1. The Morgan fingerprint density at radius 3 is 2.47 bits per heavy atom. The molecule has 0 radical (unpaired) electrons. The van der Waals surface area contributed by atoms with Gasteiger partial charge in [0.25, 0.3) is 0 Å². The highest BCUT2D eigenvalue weighted by Crippen LogP contribution is 2.38. The van der Waals surface area contributed by atoms with E-state index in [1.54, 1.807) is 6.92 Å². The lowest BCUT2D eigenvalue weighted by Crippen LogP contribution is -2.56. The van der Waals surface area contributed by atoms with Gasteiger partial charge in [0.2, 0.25) is 5.91 Å². The number of carbonyl (C=O) groups is 2. The fourth-order valence-electron chi connectivity index (χ4n) is 1.94. The highest BCUT2D eigenvalue weighted by Gasteiger charge is 2.46. The Morgan fingerprint density at radius 1 is 1.47 bits per heavy atom. The SMILES string of the molecule is CCCN(CC(=O)OC)C(=O)C(C)(N)C1CC1. The van der Waals surface area contributed by atoms with Gasteiger partial charge >= 0.3 is 5.97 Å². The van der Waals surface area contributed by atoms with Crippen LogP contribution in [-0.2, 0) is 14.3 Å². The molecule has 1 saturated carbocycles. The molecular weight excluding hydrogens is 220 g/mol. The third-order valence-corrected chi connectivity index (χ3v) is 3.21. The third kappa shape index (κ3) is 3.43. The van der Waals surface area contributed by atoms with Crippen molar-refractivity contribution in [3.05, 3.63) is 0 Å². The lowest BCUT2D eigenvalue weighted by Gasteiger charge is -2.31. The molecule has 0 spiro atoms. The Balaban J connectivity index is 2.68. The Hall–Kier alpha value is -1.10. The number of hydrogen-bond acceptors (Lipinski definition) is 4. The average Bonchev–Trinajstić information content (AvgIpc) is 3.11. The number of nitrogens with zero attached hydrogens (tertiary/aromatic N) is 1. The van der Waals surface area contributed by atoms with Crippen LogP contribution in [0.2, 0.25) is 0 Å².